The fourth-order valence-electron chi connectivity index (χ4n) is 7.58. The van der Waals surface area contributed by atoms with Crippen molar-refractivity contribution in [2.45, 2.75) is 76.5 Å². The van der Waals surface area contributed by atoms with Crippen LogP contribution in [0.25, 0.3) is 11.1 Å². The van der Waals surface area contributed by atoms with E-state index in [0.29, 0.717) is 30.9 Å². The normalized spacial score (nSPS) is 22.1. The van der Waals surface area contributed by atoms with Crippen molar-refractivity contribution >= 4 is 23.6 Å². The summed E-state index contributed by atoms with van der Waals surface area (Å²) < 4.78 is 122. The van der Waals surface area contributed by atoms with Gasteiger partial charge in [-0.05, 0) is 106 Å². The first-order valence-electron chi connectivity index (χ1n) is 17.9. The second kappa shape index (κ2) is 15.1. The number of hydrogen-bond acceptors (Lipinski definition) is 5. The molecule has 0 aliphatic heterocycles. The van der Waals surface area contributed by atoms with Crippen molar-refractivity contribution in [2.75, 3.05) is 12.4 Å². The Labute approximate surface area is 317 Å². The third-order valence-corrected chi connectivity index (χ3v) is 10.1. The molecule has 3 unspecified atom stereocenters. The highest BCUT2D eigenvalue weighted by atomic mass is 19.4. The van der Waals surface area contributed by atoms with Gasteiger partial charge in [-0.2, -0.15) is 26.3 Å². The fraction of sp³-hybridized carbons (Fsp3) is 0.425. The topological polar surface area (TPSA) is 106 Å². The molecule has 300 valence electrons. The summed E-state index contributed by atoms with van der Waals surface area (Å²) in [5.74, 6) is -5.14. The highest BCUT2D eigenvalue weighted by Gasteiger charge is 2.55. The molecule has 3 saturated carbocycles. The van der Waals surface area contributed by atoms with Gasteiger partial charge in [0.25, 0.3) is 5.91 Å². The number of alkyl halides is 6. The van der Waals surface area contributed by atoms with E-state index in [2.05, 4.69) is 22.0 Å². The van der Waals surface area contributed by atoms with Crippen LogP contribution in [0.2, 0.25) is 0 Å². The number of benzene rings is 3. The molecule has 16 heteroatoms. The van der Waals surface area contributed by atoms with Gasteiger partial charge in [-0.1, -0.05) is 23.8 Å². The van der Waals surface area contributed by atoms with E-state index in [0.717, 1.165) is 42.7 Å². The molecule has 0 aromatic heterocycles. The van der Waals surface area contributed by atoms with Crippen molar-refractivity contribution in [1.82, 2.24) is 10.6 Å². The number of halogens is 8. The lowest BCUT2D eigenvalue weighted by atomic mass is 9.83. The maximum Gasteiger partial charge on any atom is 0.429 e. The molecule has 0 heterocycles. The maximum atomic E-state index is 15.4. The lowest BCUT2D eigenvalue weighted by Crippen LogP contribution is -2.48. The molecule has 3 aliphatic carbocycles. The van der Waals surface area contributed by atoms with E-state index in [-0.39, 0.29) is 40.0 Å². The number of carbonyl (C=O) groups excluding carboxylic acids is 3. The number of ether oxygens (including phenoxy) is 2. The molecule has 5 atom stereocenters. The van der Waals surface area contributed by atoms with Crippen molar-refractivity contribution in [2.24, 2.45) is 23.7 Å². The number of nitrogens with one attached hydrogen (secondary N) is 3. The Kier molecular flexibility index (Phi) is 10.9. The third kappa shape index (κ3) is 8.78. The average molecular weight is 794 g/mol. The quantitative estimate of drug-likeness (QED) is 0.148. The second-order valence-electron chi connectivity index (χ2n) is 15.4. The lowest BCUT2D eigenvalue weighted by Gasteiger charge is -2.30. The first-order chi connectivity index (χ1) is 26.1. The predicted molar refractivity (Wildman–Crippen MR) is 188 cm³/mol. The molecule has 3 amide bonds. The van der Waals surface area contributed by atoms with Crippen LogP contribution < -0.4 is 20.7 Å². The molecule has 3 aliphatic rings. The van der Waals surface area contributed by atoms with Crippen molar-refractivity contribution < 1.29 is 59.0 Å². The zero-order valence-electron chi connectivity index (χ0n) is 30.6. The lowest BCUT2D eigenvalue weighted by molar-refractivity contribution is -0.206. The summed E-state index contributed by atoms with van der Waals surface area (Å²) in [6.07, 6.45) is -9.01. The van der Waals surface area contributed by atoms with Crippen LogP contribution in [0.15, 0.2) is 66.2 Å². The monoisotopic (exact) mass is 793 g/mol. The average Bonchev–Trinajstić information content (AvgIpc) is 3.78. The molecule has 0 saturated heterocycles. The van der Waals surface area contributed by atoms with Crippen molar-refractivity contribution in [3.63, 3.8) is 0 Å². The van der Waals surface area contributed by atoms with E-state index < -0.39 is 76.6 Å². The van der Waals surface area contributed by atoms with Gasteiger partial charge >= 0.3 is 18.4 Å². The molecule has 56 heavy (non-hydrogen) atoms. The van der Waals surface area contributed by atoms with Gasteiger partial charge in [0.2, 0.25) is 12.0 Å². The number of anilines is 1. The Morgan fingerprint density at radius 1 is 0.839 bits per heavy atom. The molecule has 3 aromatic rings. The zero-order chi connectivity index (χ0) is 40.9. The summed E-state index contributed by atoms with van der Waals surface area (Å²) in [6.45, 7) is 4.64. The van der Waals surface area contributed by atoms with E-state index in [1.54, 1.807) is 20.8 Å². The Morgan fingerprint density at radius 2 is 1.52 bits per heavy atom. The summed E-state index contributed by atoms with van der Waals surface area (Å²) in [4.78, 5) is 40.3. The minimum atomic E-state index is -5.08. The Balaban J connectivity index is 1.31. The van der Waals surface area contributed by atoms with E-state index in [1.807, 2.05) is 0 Å². The number of fused-ring (bicyclic) bond motifs is 2. The van der Waals surface area contributed by atoms with E-state index in [1.165, 1.54) is 25.3 Å². The predicted octanol–water partition coefficient (Wildman–Crippen LogP) is 9.52. The summed E-state index contributed by atoms with van der Waals surface area (Å²) in [6, 6.07) is 7.63. The number of hydrogen-bond donors (Lipinski definition) is 3. The molecule has 8 nitrogen and oxygen atoms in total. The molecule has 3 fully saturated rings. The second-order valence-corrected chi connectivity index (χ2v) is 15.4. The zero-order valence-corrected chi connectivity index (χ0v) is 30.6. The highest BCUT2D eigenvalue weighted by molar-refractivity contribution is 6.00. The van der Waals surface area contributed by atoms with Crippen LogP contribution >= 0.6 is 0 Å². The van der Waals surface area contributed by atoms with Crippen molar-refractivity contribution in [3.05, 3.63) is 94.6 Å². The van der Waals surface area contributed by atoms with Gasteiger partial charge in [-0.3, -0.25) is 9.59 Å². The van der Waals surface area contributed by atoms with Crippen LogP contribution in [0.4, 0.5) is 45.6 Å². The molecule has 3 aromatic carbocycles. The summed E-state index contributed by atoms with van der Waals surface area (Å²) in [7, 11) is 1.27. The standard InChI is InChI=1S/C40H39F8N3O5/c1-38(2,3)51-37(54)56-34(40(46,47)48)21-7-12-29(41)25(17-21)20-8-14-31(55-4)27(16-20)35(52)50-33-24-11-10-23(26(24)15-19-5-6-19)32(33)36(53)49-22-9-13-30(42)28(18-22)39(43,44)45/h7-9,12-19,23-24,32-34H,5-6,10-11H2,1-4H3,(H,49,53)(H,50,52)(H,51,54)/t23?,24?,32-,33+,34?/m0/s1. The summed E-state index contributed by atoms with van der Waals surface area (Å²) >= 11 is 0. The van der Waals surface area contributed by atoms with Crippen molar-refractivity contribution in [3.8, 4) is 16.9 Å². The summed E-state index contributed by atoms with van der Waals surface area (Å²) in [5.41, 5.74) is -2.90. The minimum absolute atomic E-state index is 0.0158. The number of rotatable bonds is 9. The van der Waals surface area contributed by atoms with Gasteiger partial charge in [0.1, 0.15) is 17.4 Å². The number of alkyl carbamates (subject to hydrolysis) is 1. The van der Waals surface area contributed by atoms with E-state index in [9.17, 15) is 45.1 Å². The fourth-order valence-corrected chi connectivity index (χ4v) is 7.58. The van der Waals surface area contributed by atoms with E-state index >= 15 is 4.39 Å². The Hall–Kier alpha value is -5.15. The SMILES string of the molecule is COc1ccc(-c2cc(C(OC(=O)NC(C)(C)C)C(F)(F)F)ccc2F)cc1C(=O)N[C@@H]1C2CCC(C2=CC2CC2)[C@@H]1C(=O)Nc1ccc(F)c(C(F)(F)F)c1. The van der Waals surface area contributed by atoms with Crippen LogP contribution in [0.1, 0.15) is 74.0 Å². The third-order valence-electron chi connectivity index (χ3n) is 10.1. The smallest absolute Gasteiger partial charge is 0.429 e. The minimum Gasteiger partial charge on any atom is -0.496 e. The number of amides is 3. The van der Waals surface area contributed by atoms with Gasteiger partial charge in [0.15, 0.2) is 0 Å². The van der Waals surface area contributed by atoms with Gasteiger partial charge < -0.3 is 25.4 Å². The molecular formula is C40H39F8N3O5. The molecule has 0 spiro atoms. The maximum absolute atomic E-state index is 15.4. The Bertz CT molecular complexity index is 2050. The van der Waals surface area contributed by atoms with Crippen LogP contribution in [-0.2, 0) is 15.7 Å². The number of allylic oxidation sites excluding steroid dienone is 1. The number of carbonyl (C=O) groups is 3. The van der Waals surface area contributed by atoms with Crippen LogP contribution in [0.5, 0.6) is 5.75 Å². The molecule has 3 N–H and O–H groups in total. The van der Waals surface area contributed by atoms with Crippen molar-refractivity contribution in [1.29, 1.82) is 0 Å². The molecule has 6 rings (SSSR count). The van der Waals surface area contributed by atoms with Gasteiger partial charge in [0, 0.05) is 34.3 Å². The van der Waals surface area contributed by atoms with Crippen LogP contribution in [0, 0.1) is 35.3 Å². The van der Waals surface area contributed by atoms with Gasteiger partial charge in [0.05, 0.1) is 24.2 Å². The van der Waals surface area contributed by atoms with Gasteiger partial charge in [-0.25, -0.2) is 13.6 Å². The van der Waals surface area contributed by atoms with Crippen LogP contribution in [-0.4, -0.2) is 42.8 Å². The molecular weight excluding hydrogens is 754 g/mol. The highest BCUT2D eigenvalue weighted by Crippen LogP contribution is 2.54. The largest absolute Gasteiger partial charge is 0.496 e. The first kappa shape index (κ1) is 40.5. The first-order valence-corrected chi connectivity index (χ1v) is 17.9. The Morgan fingerprint density at radius 3 is 2.14 bits per heavy atom. The molecule has 0 radical (unpaired) electrons. The molecule has 2 bridgehead atoms. The summed E-state index contributed by atoms with van der Waals surface area (Å²) in [5, 5.41) is 7.67. The van der Waals surface area contributed by atoms with E-state index in [4.69, 9.17) is 9.47 Å². The van der Waals surface area contributed by atoms with Gasteiger partial charge in [-0.15, -0.1) is 0 Å². The van der Waals surface area contributed by atoms with Crippen LogP contribution in [0.3, 0.4) is 0 Å². The number of methoxy groups -OCH3 is 1.